The normalized spacial score (nSPS) is 13.4. The van der Waals surface area contributed by atoms with Crippen molar-refractivity contribution >= 4 is 11.7 Å². The van der Waals surface area contributed by atoms with E-state index in [0.717, 1.165) is 5.56 Å². The standard InChI is InChI=1S/C21H23FN2O4/c1-24(2)17(15-5-9-19-20(11-15)28-13-27-19)12-23-21(26)10-8-18(25)14-3-6-16(22)7-4-14/h3-7,9,11,17H,8,10,12-13H2,1-2H3,(H,23,26). The van der Waals surface area contributed by atoms with Gasteiger partial charge in [0.1, 0.15) is 5.82 Å². The summed E-state index contributed by atoms with van der Waals surface area (Å²) in [6.07, 6.45) is 0.158. The van der Waals surface area contributed by atoms with Crippen LogP contribution in [0.4, 0.5) is 4.39 Å². The van der Waals surface area contributed by atoms with E-state index in [-0.39, 0.29) is 37.4 Å². The molecule has 2 aromatic rings. The molecule has 1 aliphatic rings. The van der Waals surface area contributed by atoms with Crippen molar-refractivity contribution in [3.63, 3.8) is 0 Å². The zero-order valence-corrected chi connectivity index (χ0v) is 15.9. The number of hydrogen-bond acceptors (Lipinski definition) is 5. The van der Waals surface area contributed by atoms with E-state index in [9.17, 15) is 14.0 Å². The van der Waals surface area contributed by atoms with E-state index in [4.69, 9.17) is 9.47 Å². The number of hydrogen-bond donors (Lipinski definition) is 1. The van der Waals surface area contributed by atoms with Gasteiger partial charge in [-0.25, -0.2) is 4.39 Å². The van der Waals surface area contributed by atoms with Gasteiger partial charge in [-0.05, 0) is 56.1 Å². The summed E-state index contributed by atoms with van der Waals surface area (Å²) < 4.78 is 23.7. The topological polar surface area (TPSA) is 67.9 Å². The van der Waals surface area contributed by atoms with Crippen molar-refractivity contribution < 1.29 is 23.5 Å². The predicted octanol–water partition coefficient (Wildman–Crippen LogP) is 2.94. The molecule has 0 spiro atoms. The fraction of sp³-hybridized carbons (Fsp3) is 0.333. The molecule has 0 saturated heterocycles. The Morgan fingerprint density at radius 2 is 1.79 bits per heavy atom. The third-order valence-electron chi connectivity index (χ3n) is 4.64. The van der Waals surface area contributed by atoms with Gasteiger partial charge in [0, 0.05) is 24.9 Å². The number of nitrogens with one attached hydrogen (secondary N) is 1. The van der Waals surface area contributed by atoms with Crippen LogP contribution >= 0.6 is 0 Å². The molecule has 28 heavy (non-hydrogen) atoms. The molecule has 1 heterocycles. The molecule has 2 aromatic carbocycles. The summed E-state index contributed by atoms with van der Waals surface area (Å²) in [5, 5.41) is 2.88. The van der Waals surface area contributed by atoms with Crippen LogP contribution in [0.1, 0.15) is 34.8 Å². The number of nitrogens with zero attached hydrogens (tertiary/aromatic N) is 1. The molecule has 1 amide bonds. The van der Waals surface area contributed by atoms with Gasteiger partial charge in [-0.3, -0.25) is 9.59 Å². The van der Waals surface area contributed by atoms with Crippen LogP contribution in [-0.4, -0.2) is 44.0 Å². The Labute approximate surface area is 163 Å². The van der Waals surface area contributed by atoms with Gasteiger partial charge in [0.05, 0.1) is 6.04 Å². The molecule has 0 saturated carbocycles. The zero-order valence-electron chi connectivity index (χ0n) is 15.9. The number of Topliss-reactive ketones (excluding diaryl/α,β-unsaturated/α-hetero) is 1. The minimum absolute atomic E-state index is 0.0498. The summed E-state index contributed by atoms with van der Waals surface area (Å²) in [4.78, 5) is 26.3. The second kappa shape index (κ2) is 8.84. The van der Waals surface area contributed by atoms with Crippen molar-refractivity contribution in [2.24, 2.45) is 0 Å². The number of carbonyl (C=O) groups is 2. The Hall–Kier alpha value is -2.93. The van der Waals surface area contributed by atoms with Crippen molar-refractivity contribution in [1.29, 1.82) is 0 Å². The molecular formula is C21H23FN2O4. The molecule has 1 unspecified atom stereocenters. The van der Waals surface area contributed by atoms with Crippen LogP contribution in [0.15, 0.2) is 42.5 Å². The first-order chi connectivity index (χ1) is 13.4. The third-order valence-corrected chi connectivity index (χ3v) is 4.64. The van der Waals surface area contributed by atoms with Gasteiger partial charge in [0.15, 0.2) is 17.3 Å². The maximum Gasteiger partial charge on any atom is 0.231 e. The molecule has 1 N–H and O–H groups in total. The van der Waals surface area contributed by atoms with E-state index in [1.165, 1.54) is 24.3 Å². The largest absolute Gasteiger partial charge is 0.454 e. The summed E-state index contributed by atoms with van der Waals surface area (Å²) in [5.41, 5.74) is 1.40. The van der Waals surface area contributed by atoms with Crippen LogP contribution in [0.5, 0.6) is 11.5 Å². The predicted molar refractivity (Wildman–Crippen MR) is 102 cm³/mol. The molecule has 7 heteroatoms. The average molecular weight is 386 g/mol. The van der Waals surface area contributed by atoms with Crippen LogP contribution in [0.2, 0.25) is 0 Å². The Morgan fingerprint density at radius 1 is 1.07 bits per heavy atom. The Morgan fingerprint density at radius 3 is 2.50 bits per heavy atom. The molecule has 0 radical (unpaired) electrons. The second-order valence-corrected chi connectivity index (χ2v) is 6.83. The van der Waals surface area contributed by atoms with Crippen molar-refractivity contribution in [3.05, 3.63) is 59.4 Å². The van der Waals surface area contributed by atoms with E-state index in [0.29, 0.717) is 23.6 Å². The highest BCUT2D eigenvalue weighted by atomic mass is 19.1. The highest BCUT2D eigenvalue weighted by molar-refractivity contribution is 5.97. The van der Waals surface area contributed by atoms with Crippen molar-refractivity contribution in [3.8, 4) is 11.5 Å². The lowest BCUT2D eigenvalue weighted by atomic mass is 10.0. The van der Waals surface area contributed by atoms with E-state index >= 15 is 0 Å². The van der Waals surface area contributed by atoms with Crippen molar-refractivity contribution in [2.45, 2.75) is 18.9 Å². The maximum atomic E-state index is 12.9. The summed E-state index contributed by atoms with van der Waals surface area (Å²) in [5.74, 6) is 0.621. The van der Waals surface area contributed by atoms with E-state index in [1.807, 2.05) is 37.2 Å². The molecular weight excluding hydrogens is 363 g/mol. The van der Waals surface area contributed by atoms with Gasteiger partial charge in [-0.1, -0.05) is 6.07 Å². The van der Waals surface area contributed by atoms with Gasteiger partial charge in [0.2, 0.25) is 12.7 Å². The SMILES string of the molecule is CN(C)C(CNC(=O)CCC(=O)c1ccc(F)cc1)c1ccc2c(c1)OCO2. The van der Waals surface area contributed by atoms with Crippen LogP contribution in [0.3, 0.4) is 0 Å². The number of amides is 1. The molecule has 148 valence electrons. The first kappa shape index (κ1) is 19.8. The van der Waals surface area contributed by atoms with Gasteiger partial charge >= 0.3 is 0 Å². The summed E-state index contributed by atoms with van der Waals surface area (Å²) in [6.45, 7) is 0.612. The molecule has 1 atom stereocenters. The minimum Gasteiger partial charge on any atom is -0.454 e. The number of rotatable bonds is 8. The summed E-state index contributed by atoms with van der Waals surface area (Å²) in [6, 6.07) is 11.0. The Kier molecular flexibility index (Phi) is 6.26. The smallest absolute Gasteiger partial charge is 0.231 e. The molecule has 0 fully saturated rings. The van der Waals surface area contributed by atoms with Crippen LogP contribution < -0.4 is 14.8 Å². The maximum absolute atomic E-state index is 12.9. The fourth-order valence-corrected chi connectivity index (χ4v) is 3.03. The molecule has 3 rings (SSSR count). The van der Waals surface area contributed by atoms with Crippen LogP contribution in [0, 0.1) is 5.82 Å². The third kappa shape index (κ3) is 4.86. The lowest BCUT2D eigenvalue weighted by Crippen LogP contribution is -2.34. The van der Waals surface area contributed by atoms with Gasteiger partial charge in [0.25, 0.3) is 0 Å². The highest BCUT2D eigenvalue weighted by Crippen LogP contribution is 2.34. The van der Waals surface area contributed by atoms with Crippen LogP contribution in [0.25, 0.3) is 0 Å². The van der Waals surface area contributed by atoms with Gasteiger partial charge in [-0.15, -0.1) is 0 Å². The highest BCUT2D eigenvalue weighted by Gasteiger charge is 2.20. The Bertz CT molecular complexity index is 852. The number of halogens is 1. The lowest BCUT2D eigenvalue weighted by Gasteiger charge is -2.25. The number of fused-ring (bicyclic) bond motifs is 1. The van der Waals surface area contributed by atoms with Crippen molar-refractivity contribution in [1.82, 2.24) is 10.2 Å². The van der Waals surface area contributed by atoms with Crippen molar-refractivity contribution in [2.75, 3.05) is 27.4 Å². The molecule has 1 aliphatic heterocycles. The summed E-state index contributed by atoms with van der Waals surface area (Å²) >= 11 is 0. The van der Waals surface area contributed by atoms with Crippen LogP contribution in [-0.2, 0) is 4.79 Å². The molecule has 6 nitrogen and oxygen atoms in total. The average Bonchev–Trinajstić information content (AvgIpc) is 3.14. The fourth-order valence-electron chi connectivity index (χ4n) is 3.03. The number of carbonyl (C=O) groups excluding carboxylic acids is 2. The number of likely N-dealkylation sites (N-methyl/N-ethyl adjacent to an activating group) is 1. The lowest BCUT2D eigenvalue weighted by molar-refractivity contribution is -0.121. The Balaban J connectivity index is 1.53. The number of benzene rings is 2. The minimum atomic E-state index is -0.396. The second-order valence-electron chi connectivity index (χ2n) is 6.83. The molecule has 0 bridgehead atoms. The first-order valence-electron chi connectivity index (χ1n) is 9.05. The summed E-state index contributed by atoms with van der Waals surface area (Å²) in [7, 11) is 3.86. The monoisotopic (exact) mass is 386 g/mol. The zero-order chi connectivity index (χ0) is 20.1. The number of ether oxygens (including phenoxy) is 2. The quantitative estimate of drug-likeness (QED) is 0.707. The molecule has 0 aliphatic carbocycles. The van der Waals surface area contributed by atoms with Gasteiger partial charge in [-0.2, -0.15) is 0 Å². The molecule has 0 aromatic heterocycles. The van der Waals surface area contributed by atoms with E-state index in [1.54, 1.807) is 0 Å². The first-order valence-corrected chi connectivity index (χ1v) is 9.05. The van der Waals surface area contributed by atoms with E-state index in [2.05, 4.69) is 5.32 Å². The number of ketones is 1. The van der Waals surface area contributed by atoms with E-state index < -0.39 is 5.82 Å². The van der Waals surface area contributed by atoms with Gasteiger partial charge < -0.3 is 19.7 Å².